The average Bonchev–Trinajstić information content (AvgIpc) is 3.09. The molecule has 1 aliphatic rings. The molecule has 4 rings (SSSR count). The van der Waals surface area contributed by atoms with Crippen LogP contribution < -0.4 is 4.74 Å². The van der Waals surface area contributed by atoms with Gasteiger partial charge in [0.25, 0.3) is 0 Å². The Morgan fingerprint density at radius 1 is 0.786 bits per heavy atom. The first kappa shape index (κ1) is 18.1. The summed E-state index contributed by atoms with van der Waals surface area (Å²) in [5.41, 5.74) is 2.65. The molecule has 0 bridgehead atoms. The molecule has 0 saturated carbocycles. The highest BCUT2D eigenvalue weighted by Gasteiger charge is 2.41. The maximum Gasteiger partial charge on any atom is 0.417 e. The maximum absolute atomic E-state index is 14.0. The van der Waals surface area contributed by atoms with Crippen LogP contribution in [0.2, 0.25) is 0 Å². The van der Waals surface area contributed by atoms with Gasteiger partial charge in [-0.15, -0.1) is 0 Å². The van der Waals surface area contributed by atoms with Gasteiger partial charge in [0, 0.05) is 5.57 Å². The number of methoxy groups -OCH3 is 1. The molecular formula is C24H17F3O. The molecule has 28 heavy (non-hydrogen) atoms. The molecule has 1 nitrogen and oxygen atoms in total. The van der Waals surface area contributed by atoms with Crippen LogP contribution in [0.25, 0.3) is 17.2 Å². The molecule has 0 aliphatic heterocycles. The zero-order valence-corrected chi connectivity index (χ0v) is 15.1. The summed E-state index contributed by atoms with van der Waals surface area (Å²) < 4.78 is 47.2. The van der Waals surface area contributed by atoms with E-state index in [0.29, 0.717) is 22.4 Å². The minimum Gasteiger partial charge on any atom is -0.497 e. The number of ether oxygens (including phenoxy) is 1. The lowest BCUT2D eigenvalue weighted by Gasteiger charge is -2.18. The Balaban J connectivity index is 2.08. The van der Waals surface area contributed by atoms with Crippen molar-refractivity contribution in [3.63, 3.8) is 0 Å². The second-order valence-corrected chi connectivity index (χ2v) is 6.49. The monoisotopic (exact) mass is 378 g/mol. The van der Waals surface area contributed by atoms with E-state index in [-0.39, 0.29) is 5.57 Å². The fraction of sp³-hybridized carbons (Fsp3) is 0.0833. The van der Waals surface area contributed by atoms with E-state index in [1.54, 1.807) is 18.2 Å². The third kappa shape index (κ3) is 3.22. The van der Waals surface area contributed by atoms with Crippen LogP contribution in [0.5, 0.6) is 5.75 Å². The number of allylic oxidation sites excluding steroid dienone is 2. The fourth-order valence-corrected chi connectivity index (χ4v) is 3.55. The van der Waals surface area contributed by atoms with Crippen molar-refractivity contribution >= 4 is 17.2 Å². The summed E-state index contributed by atoms with van der Waals surface area (Å²) in [4.78, 5) is 0. The Morgan fingerprint density at radius 2 is 1.36 bits per heavy atom. The van der Waals surface area contributed by atoms with Crippen LogP contribution in [-0.2, 0) is 0 Å². The van der Waals surface area contributed by atoms with E-state index in [1.807, 2.05) is 60.7 Å². The molecule has 0 unspecified atom stereocenters. The van der Waals surface area contributed by atoms with Crippen molar-refractivity contribution in [1.29, 1.82) is 0 Å². The van der Waals surface area contributed by atoms with Crippen molar-refractivity contribution in [1.82, 2.24) is 0 Å². The number of hydrogen-bond donors (Lipinski definition) is 0. The highest BCUT2D eigenvalue weighted by atomic mass is 19.4. The van der Waals surface area contributed by atoms with E-state index in [1.165, 1.54) is 13.2 Å². The first-order valence-electron chi connectivity index (χ1n) is 8.82. The minimum atomic E-state index is -4.48. The fourth-order valence-electron chi connectivity index (χ4n) is 3.55. The Morgan fingerprint density at radius 3 is 1.86 bits per heavy atom. The summed E-state index contributed by atoms with van der Waals surface area (Å²) in [7, 11) is 1.50. The lowest BCUT2D eigenvalue weighted by Crippen LogP contribution is -2.12. The highest BCUT2D eigenvalue weighted by Crippen LogP contribution is 2.49. The summed E-state index contributed by atoms with van der Waals surface area (Å²) in [5, 5.41) is 0. The normalized spacial score (nSPS) is 13.1. The number of halogens is 3. The van der Waals surface area contributed by atoms with Gasteiger partial charge in [-0.2, -0.15) is 13.2 Å². The highest BCUT2D eigenvalue weighted by molar-refractivity contribution is 6.11. The lowest BCUT2D eigenvalue weighted by molar-refractivity contribution is -0.0859. The Hall–Kier alpha value is -3.27. The van der Waals surface area contributed by atoms with Gasteiger partial charge in [-0.1, -0.05) is 66.7 Å². The molecule has 0 fully saturated rings. The number of alkyl halides is 3. The zero-order chi connectivity index (χ0) is 19.7. The summed E-state index contributed by atoms with van der Waals surface area (Å²) in [5.74, 6) is 0.527. The van der Waals surface area contributed by atoms with Crippen LogP contribution in [-0.4, -0.2) is 13.3 Å². The number of fused-ring (bicyclic) bond motifs is 1. The van der Waals surface area contributed by atoms with Crippen molar-refractivity contribution < 1.29 is 17.9 Å². The molecule has 140 valence electrons. The molecule has 3 aromatic carbocycles. The summed E-state index contributed by atoms with van der Waals surface area (Å²) in [6.07, 6.45) is -3.27. The molecule has 0 aromatic heterocycles. The average molecular weight is 378 g/mol. The molecule has 0 radical (unpaired) electrons. The smallest absolute Gasteiger partial charge is 0.417 e. The number of benzene rings is 3. The molecule has 0 saturated heterocycles. The zero-order valence-electron chi connectivity index (χ0n) is 15.1. The van der Waals surface area contributed by atoms with Crippen LogP contribution in [0.4, 0.5) is 13.2 Å². The van der Waals surface area contributed by atoms with Crippen LogP contribution >= 0.6 is 0 Å². The SMILES string of the molecule is COc1ccc2c(c1)C=C(C(F)(F)F)C2=C(c1ccccc1)c1ccccc1. The van der Waals surface area contributed by atoms with Gasteiger partial charge < -0.3 is 4.74 Å². The minimum absolute atomic E-state index is 0.197. The van der Waals surface area contributed by atoms with Gasteiger partial charge in [-0.3, -0.25) is 0 Å². The van der Waals surface area contributed by atoms with Crippen LogP contribution in [0.15, 0.2) is 84.4 Å². The predicted molar refractivity (Wildman–Crippen MR) is 106 cm³/mol. The molecule has 3 aromatic rings. The summed E-state index contributed by atoms with van der Waals surface area (Å²) >= 11 is 0. The van der Waals surface area contributed by atoms with Crippen molar-refractivity contribution in [2.24, 2.45) is 0 Å². The molecular weight excluding hydrogens is 361 g/mol. The summed E-state index contributed by atoms with van der Waals surface area (Å²) in [6, 6.07) is 23.4. The van der Waals surface area contributed by atoms with Crippen LogP contribution in [0.1, 0.15) is 22.3 Å². The third-order valence-corrected chi connectivity index (χ3v) is 4.78. The van der Waals surface area contributed by atoms with Gasteiger partial charge in [0.05, 0.1) is 12.7 Å². The van der Waals surface area contributed by atoms with Crippen LogP contribution in [0.3, 0.4) is 0 Å². The van der Waals surface area contributed by atoms with Crippen molar-refractivity contribution in [3.8, 4) is 5.75 Å². The van der Waals surface area contributed by atoms with Gasteiger partial charge in [0.2, 0.25) is 0 Å². The Labute approximate surface area is 161 Å². The first-order valence-corrected chi connectivity index (χ1v) is 8.82. The van der Waals surface area contributed by atoms with Gasteiger partial charge >= 0.3 is 6.18 Å². The van der Waals surface area contributed by atoms with Gasteiger partial charge in [-0.25, -0.2) is 0 Å². The second-order valence-electron chi connectivity index (χ2n) is 6.49. The lowest BCUT2D eigenvalue weighted by atomic mass is 9.87. The standard InChI is InChI=1S/C24H17F3O/c1-28-19-12-13-20-18(14-19)15-21(24(25,26)27)23(20)22(16-8-4-2-5-9-16)17-10-6-3-7-11-17/h2-15H,1H3. The van der Waals surface area contributed by atoms with E-state index in [4.69, 9.17) is 4.74 Å². The van der Waals surface area contributed by atoms with Crippen LogP contribution in [0, 0.1) is 0 Å². The summed E-state index contributed by atoms with van der Waals surface area (Å²) in [6.45, 7) is 0. The number of hydrogen-bond acceptors (Lipinski definition) is 1. The molecule has 0 spiro atoms. The van der Waals surface area contributed by atoms with E-state index in [0.717, 1.165) is 11.1 Å². The van der Waals surface area contributed by atoms with E-state index < -0.39 is 11.7 Å². The van der Waals surface area contributed by atoms with Gasteiger partial charge in [0.15, 0.2) is 0 Å². The quantitative estimate of drug-likeness (QED) is 0.498. The van der Waals surface area contributed by atoms with E-state index in [9.17, 15) is 13.2 Å². The van der Waals surface area contributed by atoms with Crippen molar-refractivity contribution in [3.05, 3.63) is 107 Å². The van der Waals surface area contributed by atoms with Gasteiger partial charge in [-0.05, 0) is 46.0 Å². The number of rotatable bonds is 3. The molecule has 1 aliphatic carbocycles. The van der Waals surface area contributed by atoms with Crippen molar-refractivity contribution in [2.45, 2.75) is 6.18 Å². The Bertz CT molecular complexity index is 1020. The molecule has 0 amide bonds. The molecule has 4 heteroatoms. The van der Waals surface area contributed by atoms with Crippen molar-refractivity contribution in [2.75, 3.05) is 7.11 Å². The second kappa shape index (κ2) is 7.04. The Kier molecular flexibility index (Phi) is 4.55. The largest absolute Gasteiger partial charge is 0.497 e. The van der Waals surface area contributed by atoms with Gasteiger partial charge in [0.1, 0.15) is 5.75 Å². The molecule has 0 heterocycles. The third-order valence-electron chi connectivity index (χ3n) is 4.78. The molecule has 0 atom stereocenters. The molecule has 0 N–H and O–H groups in total. The maximum atomic E-state index is 14.0. The van der Waals surface area contributed by atoms with E-state index in [2.05, 4.69) is 0 Å². The van der Waals surface area contributed by atoms with E-state index >= 15 is 0 Å². The predicted octanol–water partition coefficient (Wildman–Crippen LogP) is 6.61. The topological polar surface area (TPSA) is 9.23 Å². The first-order chi connectivity index (χ1) is 13.5.